The van der Waals surface area contributed by atoms with Gasteiger partial charge in [-0.05, 0) is 39.0 Å². The molecular formula is C17H22N2O4. The SMILES string of the molecule is COC(=O)c1ccc(C#CCCNC(=O)OC(C)(C)C)cc1N. The van der Waals surface area contributed by atoms with E-state index < -0.39 is 17.7 Å². The number of carbonyl (C=O) groups excluding carboxylic acids is 2. The summed E-state index contributed by atoms with van der Waals surface area (Å²) in [6.45, 7) is 5.79. The van der Waals surface area contributed by atoms with Crippen molar-refractivity contribution in [2.75, 3.05) is 19.4 Å². The number of benzene rings is 1. The van der Waals surface area contributed by atoms with E-state index in [0.717, 1.165) is 0 Å². The lowest BCUT2D eigenvalue weighted by atomic mass is 10.1. The third kappa shape index (κ3) is 6.74. The molecule has 3 N–H and O–H groups in total. The van der Waals surface area contributed by atoms with Gasteiger partial charge in [0.25, 0.3) is 0 Å². The molecule has 0 heterocycles. The molecule has 0 aliphatic rings. The van der Waals surface area contributed by atoms with Crippen molar-refractivity contribution in [2.24, 2.45) is 0 Å². The Morgan fingerprint density at radius 1 is 1.30 bits per heavy atom. The monoisotopic (exact) mass is 318 g/mol. The number of nitrogens with one attached hydrogen (secondary N) is 1. The number of anilines is 1. The number of amides is 1. The highest BCUT2D eigenvalue weighted by molar-refractivity contribution is 5.95. The lowest BCUT2D eigenvalue weighted by Crippen LogP contribution is -2.32. The summed E-state index contributed by atoms with van der Waals surface area (Å²) >= 11 is 0. The van der Waals surface area contributed by atoms with Gasteiger partial charge >= 0.3 is 12.1 Å². The molecule has 0 saturated heterocycles. The molecule has 1 aromatic rings. The van der Waals surface area contributed by atoms with E-state index in [4.69, 9.17) is 10.5 Å². The minimum absolute atomic E-state index is 0.310. The van der Waals surface area contributed by atoms with Crippen molar-refractivity contribution in [3.8, 4) is 11.8 Å². The first-order chi connectivity index (χ1) is 10.7. The van der Waals surface area contributed by atoms with Crippen LogP contribution in [0.4, 0.5) is 10.5 Å². The summed E-state index contributed by atoms with van der Waals surface area (Å²) in [5, 5.41) is 2.62. The quantitative estimate of drug-likeness (QED) is 0.386. The van der Waals surface area contributed by atoms with E-state index >= 15 is 0 Å². The van der Waals surface area contributed by atoms with Crippen LogP contribution >= 0.6 is 0 Å². The first-order valence-electron chi connectivity index (χ1n) is 7.16. The number of hydrogen-bond donors (Lipinski definition) is 2. The number of carbonyl (C=O) groups is 2. The Morgan fingerprint density at radius 3 is 2.57 bits per heavy atom. The summed E-state index contributed by atoms with van der Waals surface area (Å²) in [5.74, 6) is 5.35. The number of nitrogen functional groups attached to an aromatic ring is 1. The van der Waals surface area contributed by atoms with Gasteiger partial charge in [-0.15, -0.1) is 0 Å². The molecule has 0 aliphatic carbocycles. The van der Waals surface area contributed by atoms with Crippen molar-refractivity contribution in [2.45, 2.75) is 32.8 Å². The summed E-state index contributed by atoms with van der Waals surface area (Å²) in [5.41, 5.74) is 6.58. The van der Waals surface area contributed by atoms with Crippen molar-refractivity contribution in [3.63, 3.8) is 0 Å². The normalized spacial score (nSPS) is 10.3. The average molecular weight is 318 g/mol. The fourth-order valence-electron chi connectivity index (χ4n) is 1.64. The standard InChI is InChI=1S/C17H22N2O4/c1-17(2,3)23-16(21)19-10-6-5-7-12-8-9-13(14(18)11-12)15(20)22-4/h8-9,11H,6,10,18H2,1-4H3,(H,19,21). The van der Waals surface area contributed by atoms with Crippen molar-refractivity contribution < 1.29 is 19.1 Å². The van der Waals surface area contributed by atoms with Crippen LogP contribution in [0, 0.1) is 11.8 Å². The third-order valence-electron chi connectivity index (χ3n) is 2.61. The van der Waals surface area contributed by atoms with Crippen molar-refractivity contribution in [1.29, 1.82) is 0 Å². The Kier molecular flexibility index (Phi) is 6.46. The Labute approximate surface area is 136 Å². The van der Waals surface area contributed by atoms with E-state index in [9.17, 15) is 9.59 Å². The van der Waals surface area contributed by atoms with E-state index in [2.05, 4.69) is 21.9 Å². The zero-order valence-corrected chi connectivity index (χ0v) is 13.9. The molecule has 0 fully saturated rings. The topological polar surface area (TPSA) is 90.6 Å². The van der Waals surface area contributed by atoms with Gasteiger partial charge in [-0.2, -0.15) is 0 Å². The zero-order valence-electron chi connectivity index (χ0n) is 13.9. The second kappa shape index (κ2) is 8.08. The number of rotatable bonds is 3. The molecule has 23 heavy (non-hydrogen) atoms. The van der Waals surface area contributed by atoms with Gasteiger partial charge in [-0.1, -0.05) is 11.8 Å². The van der Waals surface area contributed by atoms with E-state index in [1.54, 1.807) is 39.0 Å². The maximum Gasteiger partial charge on any atom is 0.407 e. The molecule has 0 spiro atoms. The van der Waals surface area contributed by atoms with Gasteiger partial charge in [0, 0.05) is 24.2 Å². The maximum atomic E-state index is 11.4. The maximum absolute atomic E-state index is 11.4. The second-order valence-corrected chi connectivity index (χ2v) is 5.77. The number of nitrogens with two attached hydrogens (primary N) is 1. The van der Waals surface area contributed by atoms with Gasteiger partial charge in [0.15, 0.2) is 0 Å². The van der Waals surface area contributed by atoms with Crippen LogP contribution in [0.1, 0.15) is 43.1 Å². The fourth-order valence-corrected chi connectivity index (χ4v) is 1.64. The zero-order chi connectivity index (χ0) is 17.5. The molecule has 1 rings (SSSR count). The highest BCUT2D eigenvalue weighted by Gasteiger charge is 2.15. The molecule has 0 atom stereocenters. The Hall–Kier alpha value is -2.68. The largest absolute Gasteiger partial charge is 0.465 e. The summed E-state index contributed by atoms with van der Waals surface area (Å²) in [6.07, 6.45) is 0.00345. The Morgan fingerprint density at radius 2 is 2.00 bits per heavy atom. The Bertz CT molecular complexity index is 636. The highest BCUT2D eigenvalue weighted by atomic mass is 16.6. The highest BCUT2D eigenvalue weighted by Crippen LogP contribution is 2.14. The minimum atomic E-state index is -0.519. The molecule has 124 valence electrons. The van der Waals surface area contributed by atoms with E-state index in [1.807, 2.05) is 0 Å². The number of esters is 1. The first-order valence-corrected chi connectivity index (χ1v) is 7.16. The summed E-state index contributed by atoms with van der Waals surface area (Å²) in [4.78, 5) is 22.8. The lowest BCUT2D eigenvalue weighted by molar-refractivity contribution is 0.0527. The van der Waals surface area contributed by atoms with Crippen LogP contribution in [0.25, 0.3) is 0 Å². The van der Waals surface area contributed by atoms with Gasteiger partial charge in [0.1, 0.15) is 5.60 Å². The number of alkyl carbamates (subject to hydrolysis) is 1. The molecule has 0 saturated carbocycles. The summed E-state index contributed by atoms with van der Waals surface area (Å²) in [7, 11) is 1.30. The minimum Gasteiger partial charge on any atom is -0.465 e. The molecule has 6 nitrogen and oxygen atoms in total. The summed E-state index contributed by atoms with van der Waals surface area (Å²) < 4.78 is 9.73. The predicted octanol–water partition coefficient (Wildman–Crippen LogP) is 2.32. The molecule has 0 bridgehead atoms. The first kappa shape index (κ1) is 18.4. The second-order valence-electron chi connectivity index (χ2n) is 5.77. The van der Waals surface area contributed by atoms with Gasteiger partial charge < -0.3 is 20.5 Å². The smallest absolute Gasteiger partial charge is 0.407 e. The molecule has 0 aromatic heterocycles. The van der Waals surface area contributed by atoms with Crippen LogP contribution in [0.5, 0.6) is 0 Å². The van der Waals surface area contributed by atoms with Crippen LogP contribution in [0.2, 0.25) is 0 Å². The molecular weight excluding hydrogens is 296 g/mol. The van der Waals surface area contributed by atoms with E-state index in [0.29, 0.717) is 29.8 Å². The van der Waals surface area contributed by atoms with Gasteiger partial charge in [0.05, 0.1) is 12.7 Å². The average Bonchev–Trinajstić information content (AvgIpc) is 2.44. The molecule has 6 heteroatoms. The summed E-state index contributed by atoms with van der Waals surface area (Å²) in [6, 6.07) is 4.88. The molecule has 0 unspecified atom stereocenters. The fraction of sp³-hybridized carbons (Fsp3) is 0.412. The molecule has 0 radical (unpaired) electrons. The number of hydrogen-bond acceptors (Lipinski definition) is 5. The molecule has 0 aliphatic heterocycles. The van der Waals surface area contributed by atoms with Crippen molar-refractivity contribution in [3.05, 3.63) is 29.3 Å². The van der Waals surface area contributed by atoms with Crippen molar-refractivity contribution in [1.82, 2.24) is 5.32 Å². The van der Waals surface area contributed by atoms with Crippen LogP contribution < -0.4 is 11.1 Å². The van der Waals surface area contributed by atoms with Crippen LogP contribution in [0.3, 0.4) is 0 Å². The van der Waals surface area contributed by atoms with Gasteiger partial charge in [-0.25, -0.2) is 9.59 Å². The predicted molar refractivity (Wildman–Crippen MR) is 87.9 cm³/mol. The van der Waals surface area contributed by atoms with Gasteiger partial charge in [-0.3, -0.25) is 0 Å². The molecule has 1 aromatic carbocycles. The number of ether oxygens (including phenoxy) is 2. The van der Waals surface area contributed by atoms with Crippen LogP contribution in [-0.4, -0.2) is 31.3 Å². The van der Waals surface area contributed by atoms with E-state index in [1.165, 1.54) is 7.11 Å². The van der Waals surface area contributed by atoms with Crippen molar-refractivity contribution >= 4 is 17.7 Å². The Balaban J connectivity index is 2.50. The third-order valence-corrected chi connectivity index (χ3v) is 2.61. The van der Waals surface area contributed by atoms with Crippen LogP contribution in [-0.2, 0) is 9.47 Å². The molecule has 1 amide bonds. The van der Waals surface area contributed by atoms with E-state index in [-0.39, 0.29) is 0 Å². The number of methoxy groups -OCH3 is 1. The van der Waals surface area contributed by atoms with Crippen LogP contribution in [0.15, 0.2) is 18.2 Å². The lowest BCUT2D eigenvalue weighted by Gasteiger charge is -2.19. The van der Waals surface area contributed by atoms with Gasteiger partial charge in [0.2, 0.25) is 0 Å².